The third-order valence-electron chi connectivity index (χ3n) is 3.65. The number of aliphatic hydroxyl groups is 1. The highest BCUT2D eigenvalue weighted by Crippen LogP contribution is 2.24. The number of nitrogens with two attached hydrogens (primary N) is 1. The molecule has 0 aliphatic carbocycles. The van der Waals surface area contributed by atoms with Gasteiger partial charge >= 0.3 is 0 Å². The fourth-order valence-corrected chi connectivity index (χ4v) is 2.12. The summed E-state index contributed by atoms with van der Waals surface area (Å²) in [6.07, 6.45) is 0.190. The molecule has 1 saturated heterocycles. The summed E-state index contributed by atoms with van der Waals surface area (Å²) in [7, 11) is 0. The van der Waals surface area contributed by atoms with E-state index in [4.69, 9.17) is 10.5 Å². The maximum Gasteiger partial charge on any atom is 0.251 e. The molecule has 2 unspecified atom stereocenters. The molecule has 1 fully saturated rings. The van der Waals surface area contributed by atoms with Crippen LogP contribution >= 0.6 is 0 Å². The van der Waals surface area contributed by atoms with Crippen molar-refractivity contribution in [1.29, 1.82) is 0 Å². The quantitative estimate of drug-likeness (QED) is 0.724. The molecule has 0 saturated carbocycles. The fraction of sp³-hybridized carbons (Fsp3) is 0.429. The first-order valence-electron chi connectivity index (χ1n) is 6.44. The minimum Gasteiger partial charge on any atom is -0.385 e. The van der Waals surface area contributed by atoms with Crippen molar-refractivity contribution in [3.05, 3.63) is 35.4 Å². The number of primary amides is 1. The lowest BCUT2D eigenvalue weighted by atomic mass is 9.96. The van der Waals surface area contributed by atoms with Crippen LogP contribution in [0.4, 0.5) is 0 Å². The molecule has 1 heterocycles. The van der Waals surface area contributed by atoms with Crippen molar-refractivity contribution < 1.29 is 19.4 Å². The maximum atomic E-state index is 12.0. The molecule has 6 nitrogen and oxygen atoms in total. The Labute approximate surface area is 116 Å². The van der Waals surface area contributed by atoms with Gasteiger partial charge in [-0.2, -0.15) is 0 Å². The highest BCUT2D eigenvalue weighted by molar-refractivity contribution is 5.97. The monoisotopic (exact) mass is 278 g/mol. The van der Waals surface area contributed by atoms with Gasteiger partial charge in [-0.25, -0.2) is 0 Å². The smallest absolute Gasteiger partial charge is 0.251 e. The zero-order valence-corrected chi connectivity index (χ0v) is 11.3. The molecule has 4 N–H and O–H groups in total. The van der Waals surface area contributed by atoms with Crippen molar-refractivity contribution >= 4 is 11.8 Å². The summed E-state index contributed by atoms with van der Waals surface area (Å²) in [5, 5.41) is 12.9. The van der Waals surface area contributed by atoms with Gasteiger partial charge in [0.25, 0.3) is 5.91 Å². The van der Waals surface area contributed by atoms with Crippen molar-refractivity contribution in [2.24, 2.45) is 5.73 Å². The average Bonchev–Trinajstić information content (AvgIpc) is 2.76. The Kier molecular flexibility index (Phi) is 4.06. The van der Waals surface area contributed by atoms with Crippen molar-refractivity contribution in [3.63, 3.8) is 0 Å². The minimum absolute atomic E-state index is 0.130. The summed E-state index contributed by atoms with van der Waals surface area (Å²) in [4.78, 5) is 22.9. The van der Waals surface area contributed by atoms with Crippen LogP contribution in [0.1, 0.15) is 34.1 Å². The van der Waals surface area contributed by atoms with E-state index in [-0.39, 0.29) is 18.6 Å². The molecule has 0 bridgehead atoms. The first-order chi connectivity index (χ1) is 9.42. The Hall–Kier alpha value is -1.92. The molecule has 1 aromatic rings. The van der Waals surface area contributed by atoms with E-state index in [1.165, 1.54) is 24.3 Å². The van der Waals surface area contributed by atoms with Crippen LogP contribution in [-0.4, -0.2) is 41.8 Å². The fourth-order valence-electron chi connectivity index (χ4n) is 2.12. The first kappa shape index (κ1) is 14.5. The predicted octanol–water partition coefficient (Wildman–Crippen LogP) is 0.0552. The third kappa shape index (κ3) is 2.97. The maximum absolute atomic E-state index is 12.0. The van der Waals surface area contributed by atoms with E-state index in [0.29, 0.717) is 24.2 Å². The Morgan fingerprint density at radius 3 is 2.50 bits per heavy atom. The number of benzene rings is 1. The first-order valence-corrected chi connectivity index (χ1v) is 6.44. The van der Waals surface area contributed by atoms with Gasteiger partial charge in [-0.1, -0.05) is 0 Å². The highest BCUT2D eigenvalue weighted by Gasteiger charge is 2.39. The van der Waals surface area contributed by atoms with Crippen LogP contribution < -0.4 is 11.1 Å². The molecule has 1 aliphatic rings. The second kappa shape index (κ2) is 5.60. The third-order valence-corrected chi connectivity index (χ3v) is 3.65. The Morgan fingerprint density at radius 1 is 1.40 bits per heavy atom. The van der Waals surface area contributed by atoms with Gasteiger partial charge in [0.15, 0.2) is 0 Å². The van der Waals surface area contributed by atoms with Gasteiger partial charge in [0.2, 0.25) is 5.91 Å². The molecule has 2 rings (SSSR count). The van der Waals surface area contributed by atoms with Crippen molar-refractivity contribution in [2.75, 3.05) is 13.2 Å². The summed E-state index contributed by atoms with van der Waals surface area (Å²) >= 11 is 0. The number of carbonyl (C=O) groups is 2. The normalized spacial score (nSPS) is 25.4. The number of nitrogens with one attached hydrogen (secondary N) is 1. The van der Waals surface area contributed by atoms with Crippen molar-refractivity contribution in [1.82, 2.24) is 5.32 Å². The van der Waals surface area contributed by atoms with E-state index in [0.717, 1.165) is 0 Å². The minimum atomic E-state index is -1.02. The van der Waals surface area contributed by atoms with E-state index in [9.17, 15) is 14.7 Å². The van der Waals surface area contributed by atoms with E-state index in [2.05, 4.69) is 5.32 Å². The molecule has 1 aliphatic heterocycles. The number of rotatable bonds is 4. The van der Waals surface area contributed by atoms with Crippen LogP contribution in [0.3, 0.4) is 0 Å². The van der Waals surface area contributed by atoms with Gasteiger partial charge in [-0.3, -0.25) is 9.59 Å². The van der Waals surface area contributed by atoms with Crippen LogP contribution in [-0.2, 0) is 4.74 Å². The number of amides is 2. The van der Waals surface area contributed by atoms with Gasteiger partial charge in [-0.05, 0) is 31.2 Å². The van der Waals surface area contributed by atoms with E-state index in [1.807, 2.05) is 0 Å². The molecule has 20 heavy (non-hydrogen) atoms. The average molecular weight is 278 g/mol. The molecule has 108 valence electrons. The highest BCUT2D eigenvalue weighted by atomic mass is 16.5. The summed E-state index contributed by atoms with van der Waals surface area (Å²) < 4.78 is 5.30. The second-order valence-corrected chi connectivity index (χ2v) is 4.99. The molecule has 0 aromatic heterocycles. The van der Waals surface area contributed by atoms with Crippen LogP contribution in [0.15, 0.2) is 24.3 Å². The molecule has 0 spiro atoms. The molecule has 2 atom stereocenters. The van der Waals surface area contributed by atoms with Gasteiger partial charge in [0.1, 0.15) is 5.60 Å². The number of ether oxygens (including phenoxy) is 1. The van der Waals surface area contributed by atoms with Crippen LogP contribution in [0.2, 0.25) is 0 Å². The summed E-state index contributed by atoms with van der Waals surface area (Å²) in [5.41, 5.74) is 4.86. The molecular weight excluding hydrogens is 260 g/mol. The summed E-state index contributed by atoms with van der Waals surface area (Å²) in [6, 6.07) is 6.03. The zero-order valence-electron chi connectivity index (χ0n) is 11.3. The van der Waals surface area contributed by atoms with Gasteiger partial charge in [0, 0.05) is 30.7 Å². The number of carbonyl (C=O) groups excluding carboxylic acids is 2. The van der Waals surface area contributed by atoms with Gasteiger partial charge in [-0.15, -0.1) is 0 Å². The largest absolute Gasteiger partial charge is 0.385 e. The SMILES string of the molecule is CC1OCCC1(O)CNC(=O)c1ccc(C(N)=O)cc1. The summed E-state index contributed by atoms with van der Waals surface area (Å²) in [6.45, 7) is 2.40. The molecule has 6 heteroatoms. The summed E-state index contributed by atoms with van der Waals surface area (Å²) in [5.74, 6) is -0.850. The Bertz CT molecular complexity index is 514. The van der Waals surface area contributed by atoms with Crippen LogP contribution in [0.25, 0.3) is 0 Å². The van der Waals surface area contributed by atoms with E-state index >= 15 is 0 Å². The van der Waals surface area contributed by atoms with E-state index < -0.39 is 11.5 Å². The van der Waals surface area contributed by atoms with Gasteiger partial charge < -0.3 is 20.9 Å². The molecule has 2 amide bonds. The zero-order chi connectivity index (χ0) is 14.8. The predicted molar refractivity (Wildman–Crippen MR) is 72.3 cm³/mol. The lowest BCUT2D eigenvalue weighted by Gasteiger charge is -2.26. The standard InChI is InChI=1S/C14H18N2O4/c1-9-14(19,6-7-20-9)8-16-13(18)11-4-2-10(3-5-11)12(15)17/h2-5,9,19H,6-8H2,1H3,(H2,15,17)(H,16,18). The molecular formula is C14H18N2O4. The lowest BCUT2D eigenvalue weighted by molar-refractivity contribution is -0.0251. The van der Waals surface area contributed by atoms with E-state index in [1.54, 1.807) is 6.92 Å². The van der Waals surface area contributed by atoms with Gasteiger partial charge in [0.05, 0.1) is 6.10 Å². The Morgan fingerprint density at radius 2 is 2.00 bits per heavy atom. The second-order valence-electron chi connectivity index (χ2n) is 4.99. The van der Waals surface area contributed by atoms with Crippen molar-refractivity contribution in [3.8, 4) is 0 Å². The lowest BCUT2D eigenvalue weighted by Crippen LogP contribution is -2.47. The van der Waals surface area contributed by atoms with Crippen molar-refractivity contribution in [2.45, 2.75) is 25.0 Å². The topological polar surface area (TPSA) is 102 Å². The Balaban J connectivity index is 1.96. The molecule has 0 radical (unpaired) electrons. The van der Waals surface area contributed by atoms with Crippen LogP contribution in [0, 0.1) is 0 Å². The number of hydrogen-bond acceptors (Lipinski definition) is 4. The number of hydrogen-bond donors (Lipinski definition) is 3. The van der Waals surface area contributed by atoms with Crippen LogP contribution in [0.5, 0.6) is 0 Å². The molecule has 1 aromatic carbocycles.